The monoisotopic (exact) mass is 464 g/mol. The van der Waals surface area contributed by atoms with Gasteiger partial charge in [0.2, 0.25) is 11.0 Å². The van der Waals surface area contributed by atoms with Gasteiger partial charge in [-0.15, -0.1) is 0 Å². The lowest BCUT2D eigenvalue weighted by atomic mass is 10.2. The number of carbonyl (C=O) groups is 1. The normalized spacial score (nSPS) is 11.1. The molecule has 3 heterocycles. The van der Waals surface area contributed by atoms with E-state index in [1.165, 1.54) is 11.5 Å². The predicted molar refractivity (Wildman–Crippen MR) is 125 cm³/mol. The third-order valence-electron chi connectivity index (χ3n) is 4.75. The number of aromatic amines is 1. The van der Waals surface area contributed by atoms with Crippen molar-refractivity contribution in [1.29, 1.82) is 0 Å². The van der Waals surface area contributed by atoms with Crippen molar-refractivity contribution >= 4 is 56.4 Å². The van der Waals surface area contributed by atoms with Crippen molar-refractivity contribution in [3.8, 4) is 11.4 Å². The second-order valence-electron chi connectivity index (χ2n) is 7.13. The lowest BCUT2D eigenvalue weighted by Gasteiger charge is -2.06. The number of hydrogen-bond donors (Lipinski definition) is 3. The van der Waals surface area contributed by atoms with Gasteiger partial charge in [0.1, 0.15) is 0 Å². The molecule has 1 amide bonds. The van der Waals surface area contributed by atoms with Crippen LogP contribution in [0.3, 0.4) is 0 Å². The van der Waals surface area contributed by atoms with Crippen molar-refractivity contribution in [1.82, 2.24) is 29.3 Å². The standard InChI is InChI=1S/C21H17ClN8OS/c1-30-11-12(9-24-30)7-18(31)25-14-4-2-3-13(8-14)20-27-21(32-29-20)26-17-6-5-16-15(19(17)22)10-23-28-16/h2-6,8-11H,7H2,1H3,(H,23,28)(H,25,31)(H,26,27,29). The average Bonchev–Trinajstić information content (AvgIpc) is 3.52. The Morgan fingerprint density at radius 1 is 1.25 bits per heavy atom. The maximum Gasteiger partial charge on any atom is 0.228 e. The van der Waals surface area contributed by atoms with Gasteiger partial charge in [-0.05, 0) is 29.8 Å². The molecule has 0 bridgehead atoms. The fraction of sp³-hybridized carbons (Fsp3) is 0.0952. The molecule has 0 aliphatic carbocycles. The van der Waals surface area contributed by atoms with Crippen LogP contribution < -0.4 is 10.6 Å². The van der Waals surface area contributed by atoms with Crippen molar-refractivity contribution < 1.29 is 4.79 Å². The van der Waals surface area contributed by atoms with Crippen molar-refractivity contribution in [2.24, 2.45) is 7.05 Å². The number of aryl methyl sites for hydroxylation is 1. The highest BCUT2D eigenvalue weighted by Crippen LogP contribution is 2.33. The van der Waals surface area contributed by atoms with E-state index in [0.717, 1.165) is 27.7 Å². The summed E-state index contributed by atoms with van der Waals surface area (Å²) in [5.74, 6) is 0.439. The number of H-pyrrole nitrogens is 1. The molecule has 0 aliphatic heterocycles. The van der Waals surface area contributed by atoms with E-state index in [2.05, 4.69) is 35.3 Å². The second kappa shape index (κ2) is 8.40. The van der Waals surface area contributed by atoms with Gasteiger partial charge in [-0.2, -0.15) is 19.6 Å². The first-order valence-corrected chi connectivity index (χ1v) is 10.8. The molecule has 0 unspecified atom stereocenters. The molecule has 0 aliphatic rings. The largest absolute Gasteiger partial charge is 0.329 e. The van der Waals surface area contributed by atoms with Crippen molar-refractivity contribution in [2.45, 2.75) is 6.42 Å². The van der Waals surface area contributed by atoms with Crippen molar-refractivity contribution in [2.75, 3.05) is 10.6 Å². The van der Waals surface area contributed by atoms with Crippen LogP contribution in [0.15, 0.2) is 55.0 Å². The zero-order valence-corrected chi connectivity index (χ0v) is 18.4. The number of nitrogens with one attached hydrogen (secondary N) is 3. The van der Waals surface area contributed by atoms with E-state index >= 15 is 0 Å². The van der Waals surface area contributed by atoms with Crippen LogP contribution in [0.2, 0.25) is 5.02 Å². The number of benzene rings is 2. The van der Waals surface area contributed by atoms with Gasteiger partial charge >= 0.3 is 0 Å². The van der Waals surface area contributed by atoms with Gasteiger partial charge < -0.3 is 10.6 Å². The number of hydrogen-bond acceptors (Lipinski definition) is 7. The molecule has 3 aromatic heterocycles. The molecule has 0 atom stereocenters. The number of aromatic nitrogens is 6. The van der Waals surface area contributed by atoms with E-state index in [0.29, 0.717) is 21.7 Å². The van der Waals surface area contributed by atoms with Crippen LogP contribution in [-0.2, 0) is 18.3 Å². The van der Waals surface area contributed by atoms with Crippen molar-refractivity contribution in [3.63, 3.8) is 0 Å². The summed E-state index contributed by atoms with van der Waals surface area (Å²) in [4.78, 5) is 16.9. The summed E-state index contributed by atoms with van der Waals surface area (Å²) >= 11 is 7.70. The summed E-state index contributed by atoms with van der Waals surface area (Å²) in [7, 11) is 1.82. The maximum absolute atomic E-state index is 12.3. The SMILES string of the molecule is Cn1cc(CC(=O)Nc2cccc(-c3nsc(Nc4ccc5[nH]ncc5c4Cl)n3)c2)cn1. The quantitative estimate of drug-likeness (QED) is 0.343. The number of carbonyl (C=O) groups excluding carboxylic acids is 1. The van der Waals surface area contributed by atoms with Crippen LogP contribution in [0.25, 0.3) is 22.3 Å². The molecule has 160 valence electrons. The third kappa shape index (κ3) is 4.18. The van der Waals surface area contributed by atoms with E-state index < -0.39 is 0 Å². The summed E-state index contributed by atoms with van der Waals surface area (Å²) in [6, 6.07) is 11.2. The molecule has 9 nitrogen and oxygen atoms in total. The molecule has 11 heteroatoms. The summed E-state index contributed by atoms with van der Waals surface area (Å²) in [5.41, 5.74) is 3.91. The van der Waals surface area contributed by atoms with E-state index in [4.69, 9.17) is 11.6 Å². The molecule has 0 fully saturated rings. The van der Waals surface area contributed by atoms with Gasteiger partial charge in [0.25, 0.3) is 0 Å². The Hall–Kier alpha value is -3.76. The van der Waals surface area contributed by atoms with Gasteiger partial charge in [-0.1, -0.05) is 23.7 Å². The minimum atomic E-state index is -0.118. The van der Waals surface area contributed by atoms with Crippen molar-refractivity contribution in [3.05, 3.63) is 65.6 Å². The second-order valence-corrected chi connectivity index (χ2v) is 8.26. The molecular formula is C21H17ClN8OS. The molecule has 0 saturated heterocycles. The minimum absolute atomic E-state index is 0.118. The summed E-state index contributed by atoms with van der Waals surface area (Å²) in [6.07, 6.45) is 5.44. The fourth-order valence-electron chi connectivity index (χ4n) is 3.28. The Kier molecular flexibility index (Phi) is 5.29. The van der Waals surface area contributed by atoms with Gasteiger partial charge in [-0.25, -0.2) is 0 Å². The number of amides is 1. The smallest absolute Gasteiger partial charge is 0.228 e. The van der Waals surface area contributed by atoms with Crippen LogP contribution in [0.4, 0.5) is 16.5 Å². The highest BCUT2D eigenvalue weighted by atomic mass is 35.5. The Morgan fingerprint density at radius 2 is 2.16 bits per heavy atom. The Morgan fingerprint density at radius 3 is 3.00 bits per heavy atom. The lowest BCUT2D eigenvalue weighted by Crippen LogP contribution is -2.14. The van der Waals surface area contributed by atoms with E-state index in [9.17, 15) is 4.79 Å². The van der Waals surface area contributed by atoms with Gasteiger partial charge in [0.15, 0.2) is 5.82 Å². The van der Waals surface area contributed by atoms with E-state index in [1.54, 1.807) is 17.1 Å². The van der Waals surface area contributed by atoms with Crippen LogP contribution >= 0.6 is 23.1 Å². The van der Waals surface area contributed by atoms with Crippen LogP contribution in [0.5, 0.6) is 0 Å². The summed E-state index contributed by atoms with van der Waals surface area (Å²) in [6.45, 7) is 0. The first-order chi connectivity index (χ1) is 15.5. The van der Waals surface area contributed by atoms with Crippen LogP contribution in [0, 0.1) is 0 Å². The van der Waals surface area contributed by atoms with Crippen LogP contribution in [-0.4, -0.2) is 35.2 Å². The van der Waals surface area contributed by atoms with E-state index in [-0.39, 0.29) is 12.3 Å². The number of anilines is 3. The Bertz CT molecular complexity index is 1420. The molecule has 2 aromatic carbocycles. The summed E-state index contributed by atoms with van der Waals surface area (Å²) < 4.78 is 6.11. The fourth-order valence-corrected chi connectivity index (χ4v) is 4.14. The molecule has 32 heavy (non-hydrogen) atoms. The molecule has 0 spiro atoms. The molecule has 0 saturated carbocycles. The molecule has 5 aromatic rings. The predicted octanol–water partition coefficient (Wildman–Crippen LogP) is 4.39. The van der Waals surface area contributed by atoms with Gasteiger partial charge in [0, 0.05) is 41.4 Å². The molecule has 3 N–H and O–H groups in total. The summed E-state index contributed by atoms with van der Waals surface area (Å²) in [5, 5.41) is 19.1. The molecular weight excluding hydrogens is 448 g/mol. The van der Waals surface area contributed by atoms with Gasteiger partial charge in [-0.3, -0.25) is 14.6 Å². The third-order valence-corrected chi connectivity index (χ3v) is 5.79. The van der Waals surface area contributed by atoms with Crippen LogP contribution in [0.1, 0.15) is 5.56 Å². The number of rotatable bonds is 6. The zero-order chi connectivity index (χ0) is 22.1. The topological polar surface area (TPSA) is 113 Å². The Balaban J connectivity index is 1.30. The lowest BCUT2D eigenvalue weighted by molar-refractivity contribution is -0.115. The van der Waals surface area contributed by atoms with E-state index in [1.807, 2.05) is 49.6 Å². The van der Waals surface area contributed by atoms with Gasteiger partial charge in [0.05, 0.1) is 35.0 Å². The maximum atomic E-state index is 12.3. The number of fused-ring (bicyclic) bond motifs is 1. The molecule has 0 radical (unpaired) electrons. The minimum Gasteiger partial charge on any atom is -0.329 e. The molecule has 5 rings (SSSR count). The number of halogens is 1. The Labute approximate surface area is 191 Å². The highest BCUT2D eigenvalue weighted by Gasteiger charge is 2.12. The number of nitrogens with zero attached hydrogens (tertiary/aromatic N) is 5. The average molecular weight is 465 g/mol. The zero-order valence-electron chi connectivity index (χ0n) is 16.8. The first-order valence-electron chi connectivity index (χ1n) is 9.65. The first kappa shape index (κ1) is 20.2. The highest BCUT2D eigenvalue weighted by molar-refractivity contribution is 7.10.